The Morgan fingerprint density at radius 1 is 1.50 bits per heavy atom. The fourth-order valence-corrected chi connectivity index (χ4v) is 2.88. The van der Waals surface area contributed by atoms with Gasteiger partial charge in [0.15, 0.2) is 0 Å². The van der Waals surface area contributed by atoms with Crippen LogP contribution < -0.4 is 5.32 Å². The molecular formula is C14H19NO2S. The highest BCUT2D eigenvalue weighted by Crippen LogP contribution is 2.29. The van der Waals surface area contributed by atoms with Crippen molar-refractivity contribution in [2.75, 3.05) is 6.61 Å². The standard InChI is InChI=1S/C14H19NO2S/c1-10(2)15-9-11-4-3-5-12(8-11)18-13-6-7-17-14(13)16/h3-5,8,10,13,15H,6-7,9H2,1-2H3. The highest BCUT2D eigenvalue weighted by atomic mass is 32.2. The van der Waals surface area contributed by atoms with E-state index in [0.29, 0.717) is 12.6 Å². The van der Waals surface area contributed by atoms with Crippen molar-refractivity contribution in [1.82, 2.24) is 5.32 Å². The first-order chi connectivity index (χ1) is 8.65. The minimum atomic E-state index is -0.0780. The molecule has 1 atom stereocenters. The number of benzene rings is 1. The SMILES string of the molecule is CC(C)NCc1cccc(SC2CCOC2=O)c1. The van der Waals surface area contributed by atoms with Crippen LogP contribution in [0.4, 0.5) is 0 Å². The Morgan fingerprint density at radius 3 is 3.00 bits per heavy atom. The summed E-state index contributed by atoms with van der Waals surface area (Å²) in [4.78, 5) is 12.6. The molecule has 1 aromatic carbocycles. The van der Waals surface area contributed by atoms with E-state index in [1.807, 2.05) is 6.07 Å². The molecule has 1 heterocycles. The quantitative estimate of drug-likeness (QED) is 0.831. The Morgan fingerprint density at radius 2 is 2.33 bits per heavy atom. The molecule has 1 saturated heterocycles. The largest absolute Gasteiger partial charge is 0.465 e. The molecule has 4 heteroatoms. The lowest BCUT2D eigenvalue weighted by molar-refractivity contribution is -0.137. The molecule has 0 amide bonds. The van der Waals surface area contributed by atoms with Crippen molar-refractivity contribution < 1.29 is 9.53 Å². The third-order valence-corrected chi connectivity index (χ3v) is 4.02. The predicted octanol–water partition coefficient (Wildman–Crippen LogP) is 2.59. The van der Waals surface area contributed by atoms with E-state index in [1.54, 1.807) is 11.8 Å². The number of esters is 1. The minimum Gasteiger partial charge on any atom is -0.465 e. The van der Waals surface area contributed by atoms with Gasteiger partial charge in [-0.15, -0.1) is 11.8 Å². The second-order valence-electron chi connectivity index (χ2n) is 4.75. The molecule has 2 rings (SSSR count). The number of carbonyl (C=O) groups excluding carboxylic acids is 1. The molecule has 0 aromatic heterocycles. The number of ether oxygens (including phenoxy) is 1. The number of carbonyl (C=O) groups is 1. The average Bonchev–Trinajstić information content (AvgIpc) is 2.73. The van der Waals surface area contributed by atoms with Crippen LogP contribution in [0.3, 0.4) is 0 Å². The van der Waals surface area contributed by atoms with Gasteiger partial charge in [0.25, 0.3) is 0 Å². The highest BCUT2D eigenvalue weighted by molar-refractivity contribution is 8.00. The molecule has 0 radical (unpaired) electrons. The van der Waals surface area contributed by atoms with E-state index in [0.717, 1.165) is 17.9 Å². The molecule has 1 aliphatic heterocycles. The normalized spacial score (nSPS) is 19.3. The van der Waals surface area contributed by atoms with Crippen molar-refractivity contribution in [3.63, 3.8) is 0 Å². The second-order valence-corrected chi connectivity index (χ2v) is 6.02. The second kappa shape index (κ2) is 6.25. The molecule has 1 N–H and O–H groups in total. The molecule has 0 spiro atoms. The summed E-state index contributed by atoms with van der Waals surface area (Å²) in [6.07, 6.45) is 0.817. The Labute approximate surface area is 112 Å². The van der Waals surface area contributed by atoms with Crippen LogP contribution >= 0.6 is 11.8 Å². The molecule has 1 aromatic rings. The Balaban J connectivity index is 1.96. The first kappa shape index (κ1) is 13.4. The third-order valence-electron chi connectivity index (χ3n) is 2.78. The van der Waals surface area contributed by atoms with Crippen LogP contribution in [0.2, 0.25) is 0 Å². The number of thioether (sulfide) groups is 1. The molecule has 1 fully saturated rings. The molecule has 0 saturated carbocycles. The summed E-state index contributed by atoms with van der Waals surface area (Å²) in [7, 11) is 0. The maximum atomic E-state index is 11.4. The van der Waals surface area contributed by atoms with E-state index in [2.05, 4.69) is 37.4 Å². The van der Waals surface area contributed by atoms with Crippen molar-refractivity contribution in [1.29, 1.82) is 0 Å². The summed E-state index contributed by atoms with van der Waals surface area (Å²) in [5.74, 6) is -0.0780. The van der Waals surface area contributed by atoms with E-state index >= 15 is 0 Å². The van der Waals surface area contributed by atoms with Gasteiger partial charge in [0.2, 0.25) is 0 Å². The van der Waals surface area contributed by atoms with Crippen molar-refractivity contribution in [3.8, 4) is 0 Å². The molecule has 0 bridgehead atoms. The zero-order valence-corrected chi connectivity index (χ0v) is 11.6. The van der Waals surface area contributed by atoms with Crippen LogP contribution in [0.15, 0.2) is 29.2 Å². The molecular weight excluding hydrogens is 246 g/mol. The monoisotopic (exact) mass is 265 g/mol. The lowest BCUT2D eigenvalue weighted by Gasteiger charge is -2.10. The van der Waals surface area contributed by atoms with Crippen LogP contribution in [0, 0.1) is 0 Å². The first-order valence-corrected chi connectivity index (χ1v) is 7.19. The Kier molecular flexibility index (Phi) is 4.66. The third kappa shape index (κ3) is 3.75. The molecule has 98 valence electrons. The summed E-state index contributed by atoms with van der Waals surface area (Å²) in [6, 6.07) is 8.82. The van der Waals surface area contributed by atoms with E-state index < -0.39 is 0 Å². The smallest absolute Gasteiger partial charge is 0.319 e. The topological polar surface area (TPSA) is 38.3 Å². The van der Waals surface area contributed by atoms with Gasteiger partial charge in [-0.25, -0.2) is 0 Å². The van der Waals surface area contributed by atoms with E-state index in [9.17, 15) is 4.79 Å². The van der Waals surface area contributed by atoms with Gasteiger partial charge < -0.3 is 10.1 Å². The van der Waals surface area contributed by atoms with Gasteiger partial charge in [-0.1, -0.05) is 26.0 Å². The van der Waals surface area contributed by atoms with Crippen molar-refractivity contribution in [3.05, 3.63) is 29.8 Å². The molecule has 18 heavy (non-hydrogen) atoms. The van der Waals surface area contributed by atoms with Crippen LogP contribution in [0.25, 0.3) is 0 Å². The summed E-state index contributed by atoms with van der Waals surface area (Å²) >= 11 is 1.61. The maximum Gasteiger partial charge on any atom is 0.319 e. The van der Waals surface area contributed by atoms with Crippen molar-refractivity contribution >= 4 is 17.7 Å². The van der Waals surface area contributed by atoms with Gasteiger partial charge in [-0.2, -0.15) is 0 Å². The zero-order chi connectivity index (χ0) is 13.0. The summed E-state index contributed by atoms with van der Waals surface area (Å²) < 4.78 is 4.97. The lowest BCUT2D eigenvalue weighted by Crippen LogP contribution is -2.21. The first-order valence-electron chi connectivity index (χ1n) is 6.31. The zero-order valence-electron chi connectivity index (χ0n) is 10.8. The van der Waals surface area contributed by atoms with Crippen LogP contribution in [-0.2, 0) is 16.1 Å². The molecule has 1 unspecified atom stereocenters. The molecule has 0 aliphatic carbocycles. The Bertz CT molecular complexity index is 420. The Hall–Kier alpha value is -1.00. The highest BCUT2D eigenvalue weighted by Gasteiger charge is 2.27. The lowest BCUT2D eigenvalue weighted by atomic mass is 10.2. The average molecular weight is 265 g/mol. The number of nitrogens with one attached hydrogen (secondary N) is 1. The van der Waals surface area contributed by atoms with Crippen LogP contribution in [0.1, 0.15) is 25.8 Å². The van der Waals surface area contributed by atoms with Gasteiger partial charge >= 0.3 is 5.97 Å². The van der Waals surface area contributed by atoms with Crippen LogP contribution in [0.5, 0.6) is 0 Å². The fraction of sp³-hybridized carbons (Fsp3) is 0.500. The van der Waals surface area contributed by atoms with E-state index in [-0.39, 0.29) is 11.2 Å². The fourth-order valence-electron chi connectivity index (χ4n) is 1.80. The van der Waals surface area contributed by atoms with Gasteiger partial charge in [0.1, 0.15) is 5.25 Å². The number of cyclic esters (lactones) is 1. The van der Waals surface area contributed by atoms with Gasteiger partial charge in [0.05, 0.1) is 6.61 Å². The maximum absolute atomic E-state index is 11.4. The minimum absolute atomic E-state index is 0.0293. The summed E-state index contributed by atoms with van der Waals surface area (Å²) in [5, 5.41) is 3.36. The summed E-state index contributed by atoms with van der Waals surface area (Å²) in [6.45, 7) is 5.69. The molecule has 3 nitrogen and oxygen atoms in total. The van der Waals surface area contributed by atoms with Crippen LogP contribution in [-0.4, -0.2) is 23.9 Å². The molecule has 1 aliphatic rings. The van der Waals surface area contributed by atoms with Gasteiger partial charge in [-0.05, 0) is 17.7 Å². The number of rotatable bonds is 5. The van der Waals surface area contributed by atoms with Crippen molar-refractivity contribution in [2.45, 2.75) is 43.0 Å². The van der Waals surface area contributed by atoms with E-state index in [1.165, 1.54) is 5.56 Å². The van der Waals surface area contributed by atoms with Gasteiger partial charge in [-0.3, -0.25) is 4.79 Å². The number of hydrogen-bond donors (Lipinski definition) is 1. The van der Waals surface area contributed by atoms with E-state index in [4.69, 9.17) is 4.74 Å². The number of hydrogen-bond acceptors (Lipinski definition) is 4. The predicted molar refractivity (Wildman–Crippen MR) is 73.6 cm³/mol. The van der Waals surface area contributed by atoms with Crippen molar-refractivity contribution in [2.24, 2.45) is 0 Å². The van der Waals surface area contributed by atoms with Gasteiger partial charge in [0, 0.05) is 23.9 Å². The summed E-state index contributed by atoms with van der Waals surface area (Å²) in [5.41, 5.74) is 1.25.